The summed E-state index contributed by atoms with van der Waals surface area (Å²) in [5.41, 5.74) is 3.61. The molecule has 4 rings (SSSR count). The zero-order chi connectivity index (χ0) is 23.7. The van der Waals surface area contributed by atoms with Gasteiger partial charge >= 0.3 is 5.97 Å². The van der Waals surface area contributed by atoms with Crippen LogP contribution < -0.4 is 24.8 Å². The SMILES string of the molecule is COC(=O)[C@@H]1C(=O)C2=C(C[C@@H]1C)Nc1ccccc1N[C@H]2c1cc(OC)c(OC)cc1OC. The number of allylic oxidation sites excluding steroid dienone is 1. The van der Waals surface area contributed by atoms with E-state index >= 15 is 0 Å². The summed E-state index contributed by atoms with van der Waals surface area (Å²) in [5.74, 6) is -0.359. The number of nitrogens with one attached hydrogen (secondary N) is 2. The molecule has 8 nitrogen and oxygen atoms in total. The molecule has 0 fully saturated rings. The van der Waals surface area contributed by atoms with Crippen LogP contribution in [0.5, 0.6) is 17.2 Å². The highest BCUT2D eigenvalue weighted by Gasteiger charge is 2.45. The molecule has 1 heterocycles. The summed E-state index contributed by atoms with van der Waals surface area (Å²) in [5, 5.41) is 6.93. The number of esters is 1. The number of hydrogen-bond donors (Lipinski definition) is 2. The molecule has 174 valence electrons. The number of carbonyl (C=O) groups is 2. The first-order valence-corrected chi connectivity index (χ1v) is 10.7. The van der Waals surface area contributed by atoms with Crippen LogP contribution in [-0.2, 0) is 14.3 Å². The van der Waals surface area contributed by atoms with E-state index in [0.29, 0.717) is 34.8 Å². The molecule has 0 radical (unpaired) electrons. The van der Waals surface area contributed by atoms with Gasteiger partial charge in [-0.25, -0.2) is 0 Å². The molecule has 0 saturated heterocycles. The Morgan fingerprint density at radius 2 is 1.58 bits per heavy atom. The molecule has 2 aromatic rings. The molecule has 2 aliphatic rings. The average Bonchev–Trinajstić information content (AvgIpc) is 2.99. The second-order valence-electron chi connectivity index (χ2n) is 8.14. The van der Waals surface area contributed by atoms with Gasteiger partial charge in [0.25, 0.3) is 0 Å². The van der Waals surface area contributed by atoms with Gasteiger partial charge in [-0.15, -0.1) is 0 Å². The Labute approximate surface area is 192 Å². The lowest BCUT2D eigenvalue weighted by Gasteiger charge is -2.33. The molecule has 0 amide bonds. The van der Waals surface area contributed by atoms with E-state index in [1.54, 1.807) is 33.5 Å². The quantitative estimate of drug-likeness (QED) is 0.520. The van der Waals surface area contributed by atoms with Gasteiger partial charge in [0, 0.05) is 22.9 Å². The van der Waals surface area contributed by atoms with Crippen molar-refractivity contribution in [2.75, 3.05) is 39.1 Å². The minimum atomic E-state index is -0.882. The van der Waals surface area contributed by atoms with Crippen LogP contribution in [0.4, 0.5) is 11.4 Å². The Kier molecular flexibility index (Phi) is 6.18. The van der Waals surface area contributed by atoms with E-state index in [1.807, 2.05) is 31.2 Å². The number of ketones is 1. The van der Waals surface area contributed by atoms with Crippen LogP contribution in [0.3, 0.4) is 0 Å². The van der Waals surface area contributed by atoms with Gasteiger partial charge in [0.15, 0.2) is 17.3 Å². The zero-order valence-electron chi connectivity index (χ0n) is 19.4. The second kappa shape index (κ2) is 9.05. The minimum absolute atomic E-state index is 0.214. The van der Waals surface area contributed by atoms with Crippen molar-refractivity contribution in [3.05, 3.63) is 53.2 Å². The molecule has 2 N–H and O–H groups in total. The standard InChI is InChI=1S/C25H28N2O6/c1-13-10-17-22(24(28)21(13)25(29)33-5)23(27-16-9-7-6-8-15(16)26-17)14-11-19(31-3)20(32-4)12-18(14)30-2/h6-9,11-13,21,23,26-27H,10H2,1-5H3/t13-,21-,23-/m0/s1. The van der Waals surface area contributed by atoms with E-state index in [2.05, 4.69) is 10.6 Å². The number of rotatable bonds is 5. The van der Waals surface area contributed by atoms with E-state index in [4.69, 9.17) is 18.9 Å². The minimum Gasteiger partial charge on any atom is -0.496 e. The highest BCUT2D eigenvalue weighted by Crippen LogP contribution is 2.47. The van der Waals surface area contributed by atoms with Gasteiger partial charge in [0.05, 0.1) is 45.9 Å². The van der Waals surface area contributed by atoms with E-state index in [0.717, 1.165) is 17.1 Å². The summed E-state index contributed by atoms with van der Waals surface area (Å²) < 4.78 is 21.6. The molecular weight excluding hydrogens is 424 g/mol. The first-order valence-electron chi connectivity index (χ1n) is 10.7. The maximum atomic E-state index is 13.8. The van der Waals surface area contributed by atoms with Crippen molar-refractivity contribution in [2.45, 2.75) is 19.4 Å². The van der Waals surface area contributed by atoms with Crippen molar-refractivity contribution in [1.29, 1.82) is 0 Å². The highest BCUT2D eigenvalue weighted by molar-refractivity contribution is 6.11. The Balaban J connectivity index is 1.94. The Morgan fingerprint density at radius 3 is 2.21 bits per heavy atom. The molecule has 0 bridgehead atoms. The van der Waals surface area contributed by atoms with Gasteiger partial charge in [-0.3, -0.25) is 9.59 Å². The van der Waals surface area contributed by atoms with Gasteiger partial charge < -0.3 is 29.6 Å². The summed E-state index contributed by atoms with van der Waals surface area (Å²) in [6.07, 6.45) is 0.517. The largest absolute Gasteiger partial charge is 0.496 e. The van der Waals surface area contributed by atoms with Gasteiger partial charge in [-0.1, -0.05) is 19.1 Å². The Morgan fingerprint density at radius 1 is 0.939 bits per heavy atom. The van der Waals surface area contributed by atoms with Crippen molar-refractivity contribution in [3.63, 3.8) is 0 Å². The van der Waals surface area contributed by atoms with Crippen LogP contribution in [0.2, 0.25) is 0 Å². The number of benzene rings is 2. The molecular formula is C25H28N2O6. The number of para-hydroxylation sites is 2. The fraction of sp³-hybridized carbons (Fsp3) is 0.360. The number of hydrogen-bond acceptors (Lipinski definition) is 8. The zero-order valence-corrected chi connectivity index (χ0v) is 19.4. The maximum absolute atomic E-state index is 13.8. The lowest BCUT2D eigenvalue weighted by atomic mass is 9.74. The van der Waals surface area contributed by atoms with Crippen LogP contribution in [0.25, 0.3) is 0 Å². The molecule has 0 saturated carbocycles. The molecule has 0 aromatic heterocycles. The van der Waals surface area contributed by atoms with Crippen molar-refractivity contribution in [2.24, 2.45) is 11.8 Å². The van der Waals surface area contributed by atoms with E-state index in [-0.39, 0.29) is 11.7 Å². The predicted molar refractivity (Wildman–Crippen MR) is 124 cm³/mol. The Bertz CT molecular complexity index is 1130. The fourth-order valence-corrected chi connectivity index (χ4v) is 4.65. The first kappa shape index (κ1) is 22.5. The molecule has 0 spiro atoms. The van der Waals surface area contributed by atoms with Crippen molar-refractivity contribution in [1.82, 2.24) is 0 Å². The number of carbonyl (C=O) groups excluding carboxylic acids is 2. The third-order valence-electron chi connectivity index (χ3n) is 6.27. The number of fused-ring (bicyclic) bond motifs is 1. The summed E-state index contributed by atoms with van der Waals surface area (Å²) in [6.45, 7) is 1.89. The summed E-state index contributed by atoms with van der Waals surface area (Å²) in [6, 6.07) is 10.7. The first-order chi connectivity index (χ1) is 15.9. The van der Waals surface area contributed by atoms with Crippen molar-refractivity contribution in [3.8, 4) is 17.2 Å². The summed E-state index contributed by atoms with van der Waals surface area (Å²) >= 11 is 0. The Hall–Kier alpha value is -3.68. The number of ether oxygens (including phenoxy) is 4. The van der Waals surface area contributed by atoms with E-state index in [1.165, 1.54) is 7.11 Å². The lowest BCUT2D eigenvalue weighted by molar-refractivity contribution is -0.151. The molecule has 0 unspecified atom stereocenters. The molecule has 1 aliphatic heterocycles. The van der Waals surface area contributed by atoms with Gasteiger partial charge in [-0.2, -0.15) is 0 Å². The molecule has 8 heteroatoms. The number of methoxy groups -OCH3 is 4. The topological polar surface area (TPSA) is 95.1 Å². The van der Waals surface area contributed by atoms with Crippen molar-refractivity contribution < 1.29 is 28.5 Å². The lowest BCUT2D eigenvalue weighted by Crippen LogP contribution is -2.39. The summed E-state index contributed by atoms with van der Waals surface area (Å²) in [7, 11) is 5.97. The van der Waals surface area contributed by atoms with Crippen molar-refractivity contribution >= 4 is 23.1 Å². The van der Waals surface area contributed by atoms with Gasteiger partial charge in [0.2, 0.25) is 0 Å². The maximum Gasteiger partial charge on any atom is 0.316 e. The normalized spacial score (nSPS) is 21.6. The number of anilines is 2. The highest BCUT2D eigenvalue weighted by atomic mass is 16.5. The molecule has 2 aromatic carbocycles. The van der Waals surface area contributed by atoms with Gasteiger partial charge in [-0.05, 0) is 30.5 Å². The van der Waals surface area contributed by atoms with E-state index in [9.17, 15) is 9.59 Å². The monoisotopic (exact) mass is 452 g/mol. The number of Topliss-reactive ketones (excluding diaryl/α,β-unsaturated/α-hetero) is 1. The fourth-order valence-electron chi connectivity index (χ4n) is 4.65. The predicted octanol–water partition coefficient (Wildman–Crippen LogP) is 3.94. The van der Waals surface area contributed by atoms with Crippen LogP contribution in [0.1, 0.15) is 24.9 Å². The summed E-state index contributed by atoms with van der Waals surface area (Å²) in [4.78, 5) is 26.3. The third-order valence-corrected chi connectivity index (χ3v) is 6.27. The van der Waals surface area contributed by atoms with Crippen LogP contribution in [0.15, 0.2) is 47.7 Å². The smallest absolute Gasteiger partial charge is 0.316 e. The second-order valence-corrected chi connectivity index (χ2v) is 8.14. The molecule has 3 atom stereocenters. The van der Waals surface area contributed by atoms with Gasteiger partial charge in [0.1, 0.15) is 11.7 Å². The van der Waals surface area contributed by atoms with Crippen LogP contribution >= 0.6 is 0 Å². The third kappa shape index (κ3) is 3.86. The van der Waals surface area contributed by atoms with Crippen LogP contribution in [-0.4, -0.2) is 40.2 Å². The molecule has 1 aliphatic carbocycles. The van der Waals surface area contributed by atoms with E-state index < -0.39 is 17.9 Å². The van der Waals surface area contributed by atoms with Crippen LogP contribution in [0, 0.1) is 11.8 Å². The molecule has 33 heavy (non-hydrogen) atoms. The average molecular weight is 453 g/mol.